The number of nitrogens with zero attached hydrogens (tertiary/aromatic N) is 1. The van der Waals surface area contributed by atoms with Crippen molar-refractivity contribution < 1.29 is 17.9 Å². The molecule has 0 saturated carbocycles. The molecule has 0 bridgehead atoms. The minimum atomic E-state index is -3.42. The number of sulfone groups is 1. The lowest BCUT2D eigenvalue weighted by molar-refractivity contribution is -0.142. The van der Waals surface area contributed by atoms with E-state index < -0.39 is 9.84 Å². The zero-order valence-electron chi connectivity index (χ0n) is 13.3. The number of carbonyl (C=O) groups excluding carboxylic acids is 1. The summed E-state index contributed by atoms with van der Waals surface area (Å²) in [6.45, 7) is 6.75. The molecule has 1 aromatic rings. The van der Waals surface area contributed by atoms with Crippen LogP contribution in [-0.4, -0.2) is 50.3 Å². The minimum Gasteiger partial charge on any atom is -0.375 e. The van der Waals surface area contributed by atoms with Gasteiger partial charge in [-0.1, -0.05) is 17.7 Å². The van der Waals surface area contributed by atoms with Crippen molar-refractivity contribution in [3.63, 3.8) is 0 Å². The van der Waals surface area contributed by atoms with Crippen molar-refractivity contribution in [2.24, 2.45) is 0 Å². The molecule has 0 spiro atoms. The number of hydrogen-bond donors (Lipinski definition) is 0. The summed E-state index contributed by atoms with van der Waals surface area (Å²) in [5, 5.41) is 0. The van der Waals surface area contributed by atoms with Gasteiger partial charge in [-0.3, -0.25) is 4.79 Å². The van der Waals surface area contributed by atoms with Crippen molar-refractivity contribution in [1.29, 1.82) is 0 Å². The van der Waals surface area contributed by atoms with E-state index in [1.54, 1.807) is 29.2 Å². The molecular formula is C16H23NO4S. The van der Waals surface area contributed by atoms with Gasteiger partial charge in [0, 0.05) is 13.0 Å². The lowest BCUT2D eigenvalue weighted by Gasteiger charge is -2.36. The average molecular weight is 325 g/mol. The molecule has 1 saturated heterocycles. The van der Waals surface area contributed by atoms with E-state index in [0.717, 1.165) is 5.56 Å². The quantitative estimate of drug-likeness (QED) is 0.847. The summed E-state index contributed by atoms with van der Waals surface area (Å²) < 4.78 is 30.0. The van der Waals surface area contributed by atoms with Crippen molar-refractivity contribution in [3.8, 4) is 0 Å². The first-order chi connectivity index (χ1) is 10.3. The zero-order valence-corrected chi connectivity index (χ0v) is 14.1. The molecule has 122 valence electrons. The Morgan fingerprint density at radius 2 is 1.91 bits per heavy atom. The number of amides is 1. The Labute approximate surface area is 132 Å². The molecule has 1 aliphatic rings. The van der Waals surface area contributed by atoms with E-state index in [9.17, 15) is 13.2 Å². The van der Waals surface area contributed by atoms with E-state index in [2.05, 4.69) is 0 Å². The number of ether oxygens (including phenoxy) is 1. The van der Waals surface area contributed by atoms with E-state index in [1.165, 1.54) is 0 Å². The van der Waals surface area contributed by atoms with Crippen LogP contribution < -0.4 is 0 Å². The maximum atomic E-state index is 12.3. The van der Waals surface area contributed by atoms with Crippen LogP contribution in [0.2, 0.25) is 0 Å². The summed E-state index contributed by atoms with van der Waals surface area (Å²) in [7, 11) is -3.42. The van der Waals surface area contributed by atoms with E-state index in [-0.39, 0.29) is 35.1 Å². The highest BCUT2D eigenvalue weighted by atomic mass is 32.2. The van der Waals surface area contributed by atoms with Gasteiger partial charge >= 0.3 is 0 Å². The standard InChI is InChI=1S/C16H23NO4S/c1-12-4-6-15(7-5-12)22(19,20)9-8-16(18)17-10-14(3)21-11-13(17)2/h4-7,13-14H,8-11H2,1-3H3. The zero-order chi connectivity index (χ0) is 16.3. The van der Waals surface area contributed by atoms with Crippen molar-refractivity contribution in [2.75, 3.05) is 18.9 Å². The summed E-state index contributed by atoms with van der Waals surface area (Å²) in [6, 6.07) is 6.70. The summed E-state index contributed by atoms with van der Waals surface area (Å²) in [4.78, 5) is 14.3. The van der Waals surface area contributed by atoms with Gasteiger partial charge in [-0.25, -0.2) is 8.42 Å². The topological polar surface area (TPSA) is 63.7 Å². The monoisotopic (exact) mass is 325 g/mol. The number of aryl methyl sites for hydroxylation is 1. The molecule has 1 amide bonds. The fourth-order valence-electron chi connectivity index (χ4n) is 2.48. The van der Waals surface area contributed by atoms with Crippen LogP contribution in [0.5, 0.6) is 0 Å². The molecule has 0 aromatic heterocycles. The number of carbonyl (C=O) groups is 1. The van der Waals surface area contributed by atoms with Gasteiger partial charge in [0.15, 0.2) is 9.84 Å². The van der Waals surface area contributed by atoms with E-state index in [1.807, 2.05) is 20.8 Å². The molecule has 5 nitrogen and oxygen atoms in total. The molecule has 6 heteroatoms. The Kier molecular flexibility index (Phi) is 5.24. The molecule has 2 rings (SSSR count). The van der Waals surface area contributed by atoms with Crippen molar-refractivity contribution >= 4 is 15.7 Å². The van der Waals surface area contributed by atoms with Gasteiger partial charge in [-0.05, 0) is 32.9 Å². The largest absolute Gasteiger partial charge is 0.375 e. The Morgan fingerprint density at radius 3 is 2.55 bits per heavy atom. The third-order valence-corrected chi connectivity index (χ3v) is 5.62. The molecule has 2 unspecified atom stereocenters. The fraction of sp³-hybridized carbons (Fsp3) is 0.562. The van der Waals surface area contributed by atoms with Gasteiger partial charge in [0.1, 0.15) is 0 Å². The van der Waals surface area contributed by atoms with Crippen LogP contribution in [0, 0.1) is 6.92 Å². The smallest absolute Gasteiger partial charge is 0.224 e. The van der Waals surface area contributed by atoms with Gasteiger partial charge < -0.3 is 9.64 Å². The molecule has 0 N–H and O–H groups in total. The third-order valence-electron chi connectivity index (χ3n) is 3.89. The molecular weight excluding hydrogens is 302 g/mol. The SMILES string of the molecule is Cc1ccc(S(=O)(=O)CCC(=O)N2CC(C)OCC2C)cc1. The first-order valence-electron chi connectivity index (χ1n) is 7.50. The van der Waals surface area contributed by atoms with Crippen molar-refractivity contribution in [2.45, 2.75) is 44.2 Å². The highest BCUT2D eigenvalue weighted by Gasteiger charge is 2.28. The molecule has 22 heavy (non-hydrogen) atoms. The van der Waals surface area contributed by atoms with Gasteiger partial charge in [-0.15, -0.1) is 0 Å². The molecule has 0 radical (unpaired) electrons. The lowest BCUT2D eigenvalue weighted by Crippen LogP contribution is -2.50. The van der Waals surface area contributed by atoms with Crippen LogP contribution in [0.1, 0.15) is 25.8 Å². The minimum absolute atomic E-state index is 0.00569. The fourth-order valence-corrected chi connectivity index (χ4v) is 3.71. The Bertz CT molecular complexity index is 624. The van der Waals surface area contributed by atoms with Crippen molar-refractivity contribution in [1.82, 2.24) is 4.90 Å². The van der Waals surface area contributed by atoms with E-state index >= 15 is 0 Å². The van der Waals surface area contributed by atoms with Crippen LogP contribution in [0.4, 0.5) is 0 Å². The Balaban J connectivity index is 1.99. The number of rotatable bonds is 4. The maximum Gasteiger partial charge on any atom is 0.224 e. The van der Waals surface area contributed by atoms with Gasteiger partial charge in [0.2, 0.25) is 5.91 Å². The second-order valence-electron chi connectivity index (χ2n) is 5.92. The lowest BCUT2D eigenvalue weighted by atomic mass is 10.2. The Hall–Kier alpha value is -1.40. The summed E-state index contributed by atoms with van der Waals surface area (Å²) in [6.07, 6.45) is 0.00152. The molecule has 1 aromatic carbocycles. The first kappa shape index (κ1) is 17.0. The number of morpholine rings is 1. The van der Waals surface area contributed by atoms with Gasteiger partial charge in [-0.2, -0.15) is 0 Å². The van der Waals surface area contributed by atoms with Crippen LogP contribution in [-0.2, 0) is 19.4 Å². The van der Waals surface area contributed by atoms with Crippen LogP contribution in [0.3, 0.4) is 0 Å². The van der Waals surface area contributed by atoms with Crippen LogP contribution in [0.15, 0.2) is 29.2 Å². The Morgan fingerprint density at radius 1 is 1.27 bits per heavy atom. The number of benzene rings is 1. The van der Waals surface area contributed by atoms with Crippen LogP contribution >= 0.6 is 0 Å². The van der Waals surface area contributed by atoms with Gasteiger partial charge in [0.25, 0.3) is 0 Å². The molecule has 0 aliphatic carbocycles. The molecule has 1 aliphatic heterocycles. The highest BCUT2D eigenvalue weighted by Crippen LogP contribution is 2.16. The third kappa shape index (κ3) is 4.08. The van der Waals surface area contributed by atoms with E-state index in [4.69, 9.17) is 4.74 Å². The predicted molar refractivity (Wildman–Crippen MR) is 84.4 cm³/mol. The average Bonchev–Trinajstić information content (AvgIpc) is 2.48. The normalized spacial score (nSPS) is 22.6. The first-order valence-corrected chi connectivity index (χ1v) is 9.15. The summed E-state index contributed by atoms with van der Waals surface area (Å²) in [5.41, 5.74) is 1.01. The summed E-state index contributed by atoms with van der Waals surface area (Å²) in [5.74, 6) is -0.286. The second-order valence-corrected chi connectivity index (χ2v) is 8.03. The molecule has 1 fully saturated rings. The van der Waals surface area contributed by atoms with Crippen molar-refractivity contribution in [3.05, 3.63) is 29.8 Å². The number of hydrogen-bond acceptors (Lipinski definition) is 4. The predicted octanol–water partition coefficient (Wildman–Crippen LogP) is 1.79. The molecule has 2 atom stereocenters. The highest BCUT2D eigenvalue weighted by molar-refractivity contribution is 7.91. The van der Waals surface area contributed by atoms with Gasteiger partial charge in [0.05, 0.1) is 29.4 Å². The van der Waals surface area contributed by atoms with E-state index in [0.29, 0.717) is 13.2 Å². The second kappa shape index (κ2) is 6.79. The molecule has 1 heterocycles. The maximum absolute atomic E-state index is 12.3. The van der Waals surface area contributed by atoms with Crippen LogP contribution in [0.25, 0.3) is 0 Å². The summed E-state index contributed by atoms with van der Waals surface area (Å²) >= 11 is 0.